The summed E-state index contributed by atoms with van der Waals surface area (Å²) in [5.41, 5.74) is 2.28. The number of carbonyl (C=O) groups excluding carboxylic acids is 1. The van der Waals surface area contributed by atoms with E-state index in [1.165, 1.54) is 5.56 Å². The number of nitrogens with zero attached hydrogens (tertiary/aromatic N) is 1. The van der Waals surface area contributed by atoms with Gasteiger partial charge in [-0.2, -0.15) is 0 Å². The van der Waals surface area contributed by atoms with Crippen molar-refractivity contribution in [3.63, 3.8) is 0 Å². The minimum Gasteiger partial charge on any atom is -0.492 e. The molecule has 0 saturated heterocycles. The molecule has 2 aromatic rings. The second-order valence-corrected chi connectivity index (χ2v) is 6.10. The minimum atomic E-state index is 0.00986. The maximum absolute atomic E-state index is 12.1. The summed E-state index contributed by atoms with van der Waals surface area (Å²) in [7, 11) is 1.92. The van der Waals surface area contributed by atoms with Crippen LogP contribution >= 0.6 is 0 Å². The van der Waals surface area contributed by atoms with Crippen LogP contribution in [0, 0.1) is 6.92 Å². The van der Waals surface area contributed by atoms with Crippen molar-refractivity contribution in [1.29, 1.82) is 0 Å². The molecule has 0 aliphatic heterocycles. The third-order valence-corrected chi connectivity index (χ3v) is 3.82. The van der Waals surface area contributed by atoms with Crippen molar-refractivity contribution in [2.24, 2.45) is 0 Å². The molecule has 1 atom stereocenters. The molecule has 2 rings (SSSR count). The monoisotopic (exact) mass is 326 g/mol. The van der Waals surface area contributed by atoms with Crippen molar-refractivity contribution in [3.8, 4) is 5.75 Å². The van der Waals surface area contributed by atoms with Crippen LogP contribution in [0.3, 0.4) is 0 Å². The molecule has 0 saturated carbocycles. The summed E-state index contributed by atoms with van der Waals surface area (Å²) in [6.07, 6.45) is 0. The van der Waals surface area contributed by atoms with Gasteiger partial charge in [-0.15, -0.1) is 0 Å². The van der Waals surface area contributed by atoms with Crippen LogP contribution < -0.4 is 10.1 Å². The smallest absolute Gasteiger partial charge is 0.234 e. The molecular weight excluding hydrogens is 300 g/mol. The van der Waals surface area contributed by atoms with Gasteiger partial charge in [0.05, 0.1) is 12.6 Å². The molecular formula is C20H26N2O2. The van der Waals surface area contributed by atoms with Gasteiger partial charge in [-0.25, -0.2) is 0 Å². The van der Waals surface area contributed by atoms with E-state index in [0.717, 1.165) is 11.3 Å². The highest BCUT2D eigenvalue weighted by molar-refractivity contribution is 5.78. The number of carbonyl (C=O) groups is 1. The summed E-state index contributed by atoms with van der Waals surface area (Å²) < 4.78 is 5.72. The lowest BCUT2D eigenvalue weighted by molar-refractivity contribution is -0.122. The molecule has 0 bridgehead atoms. The molecule has 1 unspecified atom stereocenters. The van der Waals surface area contributed by atoms with Gasteiger partial charge in [-0.3, -0.25) is 9.69 Å². The van der Waals surface area contributed by atoms with E-state index in [2.05, 4.69) is 5.32 Å². The molecule has 4 heteroatoms. The molecule has 0 heterocycles. The Bertz CT molecular complexity index is 643. The first-order chi connectivity index (χ1) is 11.5. The van der Waals surface area contributed by atoms with E-state index in [0.29, 0.717) is 19.7 Å². The maximum atomic E-state index is 12.1. The lowest BCUT2D eigenvalue weighted by atomic mass is 10.1. The highest BCUT2D eigenvalue weighted by Gasteiger charge is 2.11. The summed E-state index contributed by atoms with van der Waals surface area (Å²) >= 11 is 0. The van der Waals surface area contributed by atoms with Crippen LogP contribution in [-0.2, 0) is 4.79 Å². The topological polar surface area (TPSA) is 41.6 Å². The lowest BCUT2D eigenvalue weighted by Crippen LogP contribution is -2.38. The second kappa shape index (κ2) is 9.08. The number of rotatable bonds is 8. The van der Waals surface area contributed by atoms with Crippen molar-refractivity contribution in [1.82, 2.24) is 10.2 Å². The van der Waals surface area contributed by atoms with E-state index in [1.807, 2.05) is 80.4 Å². The van der Waals surface area contributed by atoms with Crippen LogP contribution in [0.4, 0.5) is 0 Å². The van der Waals surface area contributed by atoms with Gasteiger partial charge in [0.15, 0.2) is 0 Å². The van der Waals surface area contributed by atoms with Crippen molar-refractivity contribution in [2.45, 2.75) is 19.9 Å². The van der Waals surface area contributed by atoms with Gasteiger partial charge in [-0.05, 0) is 44.2 Å². The van der Waals surface area contributed by atoms with Crippen molar-refractivity contribution < 1.29 is 9.53 Å². The Kier molecular flexibility index (Phi) is 6.82. The highest BCUT2D eigenvalue weighted by Crippen LogP contribution is 2.12. The summed E-state index contributed by atoms with van der Waals surface area (Å²) in [6.45, 7) is 5.64. The Hall–Kier alpha value is -2.33. The molecule has 1 amide bonds. The number of likely N-dealkylation sites (N-methyl/N-ethyl adjacent to an activating group) is 1. The Labute approximate surface area is 144 Å². The van der Waals surface area contributed by atoms with Crippen molar-refractivity contribution in [2.75, 3.05) is 26.7 Å². The Morgan fingerprint density at radius 1 is 1.17 bits per heavy atom. The number of benzene rings is 2. The normalized spacial score (nSPS) is 12.0. The van der Waals surface area contributed by atoms with Gasteiger partial charge >= 0.3 is 0 Å². The highest BCUT2D eigenvalue weighted by atomic mass is 16.5. The fourth-order valence-electron chi connectivity index (χ4n) is 2.46. The number of hydrogen-bond acceptors (Lipinski definition) is 3. The molecule has 128 valence electrons. The predicted octanol–water partition coefficient (Wildman–Crippen LogP) is 3.18. The van der Waals surface area contributed by atoms with E-state index < -0.39 is 0 Å². The average Bonchev–Trinajstić information content (AvgIpc) is 2.55. The second-order valence-electron chi connectivity index (χ2n) is 6.10. The first kappa shape index (κ1) is 18.0. The van der Waals surface area contributed by atoms with E-state index in [-0.39, 0.29) is 11.9 Å². The molecule has 4 nitrogen and oxygen atoms in total. The predicted molar refractivity (Wildman–Crippen MR) is 97.2 cm³/mol. The zero-order valence-electron chi connectivity index (χ0n) is 14.7. The number of aryl methyl sites for hydroxylation is 1. The lowest BCUT2D eigenvalue weighted by Gasteiger charge is -2.19. The van der Waals surface area contributed by atoms with Crippen LogP contribution in [0.1, 0.15) is 24.1 Å². The quantitative estimate of drug-likeness (QED) is 0.810. The molecule has 2 aromatic carbocycles. The Morgan fingerprint density at radius 3 is 2.62 bits per heavy atom. The van der Waals surface area contributed by atoms with Crippen LogP contribution in [0.25, 0.3) is 0 Å². The third-order valence-electron chi connectivity index (χ3n) is 3.82. The van der Waals surface area contributed by atoms with Gasteiger partial charge in [0.25, 0.3) is 0 Å². The molecule has 0 radical (unpaired) electrons. The average molecular weight is 326 g/mol. The standard InChI is InChI=1S/C20H26N2O2/c1-16-8-7-11-19(14-16)24-13-12-22(3)15-20(23)21-17(2)18-9-5-4-6-10-18/h4-11,14,17H,12-13,15H2,1-3H3,(H,21,23). The fourth-order valence-corrected chi connectivity index (χ4v) is 2.46. The van der Waals surface area contributed by atoms with Crippen LogP contribution in [0.15, 0.2) is 54.6 Å². The largest absolute Gasteiger partial charge is 0.492 e. The SMILES string of the molecule is Cc1cccc(OCCN(C)CC(=O)NC(C)c2ccccc2)c1. The summed E-state index contributed by atoms with van der Waals surface area (Å²) in [6, 6.07) is 17.9. The third kappa shape index (κ3) is 6.05. The Balaban J connectivity index is 1.69. The summed E-state index contributed by atoms with van der Waals surface area (Å²) in [5, 5.41) is 3.02. The van der Waals surface area contributed by atoms with Gasteiger partial charge in [0.2, 0.25) is 5.91 Å². The molecule has 0 aromatic heterocycles. The number of ether oxygens (including phenoxy) is 1. The minimum absolute atomic E-state index is 0.00986. The van der Waals surface area contributed by atoms with Gasteiger partial charge in [-0.1, -0.05) is 42.5 Å². The van der Waals surface area contributed by atoms with Crippen molar-refractivity contribution >= 4 is 5.91 Å². The first-order valence-electron chi connectivity index (χ1n) is 8.27. The van der Waals surface area contributed by atoms with E-state index in [9.17, 15) is 4.79 Å². The van der Waals surface area contributed by atoms with Crippen molar-refractivity contribution in [3.05, 3.63) is 65.7 Å². The van der Waals surface area contributed by atoms with Crippen LogP contribution in [0.2, 0.25) is 0 Å². The Morgan fingerprint density at radius 2 is 1.92 bits per heavy atom. The van der Waals surface area contributed by atoms with E-state index in [1.54, 1.807) is 0 Å². The zero-order chi connectivity index (χ0) is 17.4. The molecule has 0 fully saturated rings. The molecule has 1 N–H and O–H groups in total. The summed E-state index contributed by atoms with van der Waals surface area (Å²) in [5.74, 6) is 0.884. The van der Waals surface area contributed by atoms with Gasteiger partial charge in [0.1, 0.15) is 12.4 Å². The number of amides is 1. The van der Waals surface area contributed by atoms with Gasteiger partial charge < -0.3 is 10.1 Å². The molecule has 24 heavy (non-hydrogen) atoms. The van der Waals surface area contributed by atoms with Gasteiger partial charge in [0, 0.05) is 6.54 Å². The fraction of sp³-hybridized carbons (Fsp3) is 0.350. The first-order valence-corrected chi connectivity index (χ1v) is 8.27. The van der Waals surface area contributed by atoms with Crippen LogP contribution in [0.5, 0.6) is 5.75 Å². The molecule has 0 spiro atoms. The number of nitrogens with one attached hydrogen (secondary N) is 1. The van der Waals surface area contributed by atoms with Crippen LogP contribution in [-0.4, -0.2) is 37.6 Å². The number of hydrogen-bond donors (Lipinski definition) is 1. The van der Waals surface area contributed by atoms with E-state index >= 15 is 0 Å². The zero-order valence-corrected chi connectivity index (χ0v) is 14.7. The molecule has 0 aliphatic carbocycles. The van der Waals surface area contributed by atoms with E-state index in [4.69, 9.17) is 4.74 Å². The maximum Gasteiger partial charge on any atom is 0.234 e. The molecule has 0 aliphatic rings. The summed E-state index contributed by atoms with van der Waals surface area (Å²) in [4.78, 5) is 14.1.